The molecule has 0 fully saturated rings. The highest BCUT2D eigenvalue weighted by Gasteiger charge is 2.43. The van der Waals surface area contributed by atoms with Gasteiger partial charge in [-0.15, -0.1) is 0 Å². The molecule has 2 nitrogen and oxygen atoms in total. The Morgan fingerprint density at radius 1 is 1.38 bits per heavy atom. The average Bonchev–Trinajstić information content (AvgIpc) is 2.53. The van der Waals surface area contributed by atoms with Gasteiger partial charge in [-0.1, -0.05) is 23.7 Å². The van der Waals surface area contributed by atoms with Gasteiger partial charge in [0, 0.05) is 0 Å². The van der Waals surface area contributed by atoms with Crippen molar-refractivity contribution in [3.8, 4) is 0 Å². The van der Waals surface area contributed by atoms with Gasteiger partial charge in [-0.2, -0.15) is 8.78 Å². The van der Waals surface area contributed by atoms with E-state index in [1.165, 1.54) is 13.0 Å². The maximum atomic E-state index is 13.5. The van der Waals surface area contributed by atoms with E-state index in [2.05, 4.69) is 4.98 Å². The van der Waals surface area contributed by atoms with Crippen molar-refractivity contribution in [2.45, 2.75) is 18.6 Å². The van der Waals surface area contributed by atoms with Crippen molar-refractivity contribution in [3.63, 3.8) is 0 Å². The molecule has 1 atom stereocenters. The van der Waals surface area contributed by atoms with Crippen molar-refractivity contribution in [1.82, 2.24) is 9.55 Å². The minimum Gasteiger partial charge on any atom is -0.264 e. The first-order valence-corrected chi connectivity index (χ1v) is 4.98. The van der Waals surface area contributed by atoms with Crippen molar-refractivity contribution < 1.29 is 13.2 Å². The zero-order valence-electron chi connectivity index (χ0n) is 8.29. The largest absolute Gasteiger partial charge is 0.375 e. The van der Waals surface area contributed by atoms with Gasteiger partial charge in [-0.25, -0.2) is 9.37 Å². The molecule has 1 aromatic heterocycles. The number of para-hydroxylation sites is 2. The summed E-state index contributed by atoms with van der Waals surface area (Å²) in [6.07, 6.45) is 0. The third kappa shape index (κ3) is 1.55. The molecular weight excluding hydrogens is 241 g/mol. The molecule has 0 N–H and O–H groups in total. The van der Waals surface area contributed by atoms with E-state index in [1.54, 1.807) is 18.2 Å². The van der Waals surface area contributed by atoms with E-state index in [-0.39, 0.29) is 11.3 Å². The second-order valence-electron chi connectivity index (χ2n) is 3.37. The fraction of sp³-hybridized carbons (Fsp3) is 0.300. The van der Waals surface area contributed by atoms with E-state index in [9.17, 15) is 13.2 Å². The Morgan fingerprint density at radius 3 is 2.62 bits per heavy atom. The minimum atomic E-state index is -3.80. The summed E-state index contributed by atoms with van der Waals surface area (Å²) >= 11 is 4.87. The summed E-state index contributed by atoms with van der Waals surface area (Å²) in [5.41, 5.74) is -2.24. The van der Waals surface area contributed by atoms with Crippen LogP contribution in [0, 0.1) is 6.92 Å². The molecule has 0 spiro atoms. The first kappa shape index (κ1) is 11.3. The van der Waals surface area contributed by atoms with Gasteiger partial charge in [0.1, 0.15) is 5.82 Å². The van der Waals surface area contributed by atoms with Crippen molar-refractivity contribution in [2.24, 2.45) is 0 Å². The fourth-order valence-electron chi connectivity index (χ4n) is 1.62. The van der Waals surface area contributed by atoms with Gasteiger partial charge in [-0.3, -0.25) is 4.57 Å². The highest BCUT2D eigenvalue weighted by molar-refractivity contribution is 6.20. The van der Waals surface area contributed by atoms with E-state index in [1.807, 2.05) is 0 Å². The highest BCUT2D eigenvalue weighted by atomic mass is 35.5. The molecule has 0 bridgehead atoms. The minimum absolute atomic E-state index is 0.0227. The number of alkyl halides is 4. The smallest absolute Gasteiger partial charge is 0.264 e. The summed E-state index contributed by atoms with van der Waals surface area (Å²) in [7, 11) is 0. The van der Waals surface area contributed by atoms with Gasteiger partial charge in [0.05, 0.1) is 11.0 Å². The maximum absolute atomic E-state index is 13.5. The molecule has 1 aromatic carbocycles. The zero-order valence-corrected chi connectivity index (χ0v) is 9.05. The highest BCUT2D eigenvalue weighted by Crippen LogP contribution is 2.34. The van der Waals surface area contributed by atoms with E-state index < -0.39 is 11.7 Å². The zero-order chi connectivity index (χ0) is 11.9. The number of hydrogen-bond acceptors (Lipinski definition) is 1. The number of benzene rings is 1. The van der Waals surface area contributed by atoms with Crippen molar-refractivity contribution >= 4 is 22.6 Å². The van der Waals surface area contributed by atoms with E-state index in [0.717, 1.165) is 0 Å². The molecule has 0 aliphatic rings. The van der Waals surface area contributed by atoms with Crippen molar-refractivity contribution in [2.75, 3.05) is 0 Å². The normalized spacial score (nSPS) is 14.3. The maximum Gasteiger partial charge on any atom is 0.375 e. The van der Waals surface area contributed by atoms with Gasteiger partial charge in [0.15, 0.2) is 0 Å². The van der Waals surface area contributed by atoms with E-state index >= 15 is 0 Å². The topological polar surface area (TPSA) is 17.8 Å². The second-order valence-corrected chi connectivity index (χ2v) is 3.75. The van der Waals surface area contributed by atoms with Crippen LogP contribution < -0.4 is 0 Å². The van der Waals surface area contributed by atoms with Crippen LogP contribution in [0.3, 0.4) is 0 Å². The Hall–Kier alpha value is -1.23. The molecule has 0 saturated heterocycles. The molecule has 0 saturated carbocycles. The molecule has 16 heavy (non-hydrogen) atoms. The number of aryl methyl sites for hydroxylation is 1. The molecule has 0 aliphatic heterocycles. The van der Waals surface area contributed by atoms with Crippen LogP contribution in [0.15, 0.2) is 24.3 Å². The molecule has 0 aliphatic carbocycles. The molecule has 0 amide bonds. The van der Waals surface area contributed by atoms with Crippen LogP contribution in [-0.4, -0.2) is 15.2 Å². The molecule has 0 unspecified atom stereocenters. The summed E-state index contributed by atoms with van der Waals surface area (Å²) < 4.78 is 40.3. The Balaban J connectivity index is 2.73. The van der Waals surface area contributed by atoms with Crippen LogP contribution in [0.2, 0.25) is 0 Å². The van der Waals surface area contributed by atoms with E-state index in [4.69, 9.17) is 11.6 Å². The summed E-state index contributed by atoms with van der Waals surface area (Å²) in [5, 5.41) is 0. The molecule has 2 aromatic rings. The molecular formula is C10H8ClF3N2. The Labute approximate surface area is 94.6 Å². The molecule has 6 heteroatoms. The number of hydrogen-bond donors (Lipinski definition) is 0. The second kappa shape index (κ2) is 3.66. The summed E-state index contributed by atoms with van der Waals surface area (Å²) in [6, 6.07) is 2.48. The lowest BCUT2D eigenvalue weighted by molar-refractivity contribution is -0.113. The predicted molar refractivity (Wildman–Crippen MR) is 55.4 cm³/mol. The van der Waals surface area contributed by atoms with Crippen LogP contribution in [-0.2, 0) is 6.05 Å². The third-order valence-electron chi connectivity index (χ3n) is 2.29. The number of imidazole rings is 1. The first-order valence-electron chi connectivity index (χ1n) is 4.55. The Morgan fingerprint density at radius 2 is 2.00 bits per heavy atom. The summed E-state index contributed by atoms with van der Waals surface area (Å²) in [5.74, 6) is 0.0227. The van der Waals surface area contributed by atoms with Crippen LogP contribution >= 0.6 is 11.6 Å². The molecule has 0 radical (unpaired) electrons. The number of halogens is 4. The average molecular weight is 249 g/mol. The van der Waals surface area contributed by atoms with Crippen LogP contribution in [0.1, 0.15) is 5.82 Å². The standard InChI is InChI=1S/C10H8ClF3N2/c1-6-15-7-4-2-3-5-8(7)16(6)10(13,14)9(11)12/h2-5,9H,1H3/t9-/m0/s1. The van der Waals surface area contributed by atoms with E-state index in [0.29, 0.717) is 10.1 Å². The Bertz CT molecular complexity index is 522. The van der Waals surface area contributed by atoms with Crippen LogP contribution in [0.4, 0.5) is 13.2 Å². The van der Waals surface area contributed by atoms with Crippen molar-refractivity contribution in [1.29, 1.82) is 0 Å². The lowest BCUT2D eigenvalue weighted by Gasteiger charge is -2.19. The lowest BCUT2D eigenvalue weighted by atomic mass is 10.3. The van der Waals surface area contributed by atoms with Crippen molar-refractivity contribution in [3.05, 3.63) is 30.1 Å². The quantitative estimate of drug-likeness (QED) is 0.745. The number of rotatable bonds is 2. The first-order chi connectivity index (χ1) is 7.44. The number of fused-ring (bicyclic) bond motifs is 1. The van der Waals surface area contributed by atoms with Gasteiger partial charge >= 0.3 is 6.05 Å². The third-order valence-corrected chi connectivity index (χ3v) is 2.55. The number of aromatic nitrogens is 2. The molecule has 2 rings (SSSR count). The van der Waals surface area contributed by atoms with Gasteiger partial charge < -0.3 is 0 Å². The van der Waals surface area contributed by atoms with Crippen LogP contribution in [0.25, 0.3) is 11.0 Å². The predicted octanol–water partition coefficient (Wildman–Crippen LogP) is 3.43. The lowest BCUT2D eigenvalue weighted by Crippen LogP contribution is -2.31. The summed E-state index contributed by atoms with van der Waals surface area (Å²) in [6.45, 7) is 1.38. The SMILES string of the molecule is Cc1nc2ccccc2n1C(F)(F)[C@H](F)Cl. The Kier molecular flexibility index (Phi) is 2.58. The van der Waals surface area contributed by atoms with Crippen LogP contribution in [0.5, 0.6) is 0 Å². The van der Waals surface area contributed by atoms with Gasteiger partial charge in [0.2, 0.25) is 0 Å². The fourth-order valence-corrected chi connectivity index (χ4v) is 1.72. The summed E-state index contributed by atoms with van der Waals surface area (Å²) in [4.78, 5) is 3.92. The molecule has 1 heterocycles. The number of nitrogens with zero attached hydrogens (tertiary/aromatic N) is 2. The van der Waals surface area contributed by atoms with Gasteiger partial charge in [0.25, 0.3) is 5.63 Å². The van der Waals surface area contributed by atoms with Gasteiger partial charge in [-0.05, 0) is 19.1 Å². The monoisotopic (exact) mass is 248 g/mol. The molecule has 86 valence electrons.